The van der Waals surface area contributed by atoms with E-state index in [-0.39, 0.29) is 0 Å². The lowest BCUT2D eigenvalue weighted by molar-refractivity contribution is 0.951. The van der Waals surface area contributed by atoms with Gasteiger partial charge in [-0.1, -0.05) is 13.3 Å². The van der Waals surface area contributed by atoms with Gasteiger partial charge in [-0.15, -0.1) is 0 Å². The zero-order valence-electron chi connectivity index (χ0n) is 10.2. The lowest BCUT2D eigenvalue weighted by atomic mass is 10.0. The van der Waals surface area contributed by atoms with Crippen molar-refractivity contribution in [1.82, 2.24) is 4.98 Å². The van der Waals surface area contributed by atoms with Crippen molar-refractivity contribution in [2.24, 2.45) is 0 Å². The van der Waals surface area contributed by atoms with E-state index >= 15 is 0 Å². The number of hydrogen-bond acceptors (Lipinski definition) is 2. The van der Waals surface area contributed by atoms with Crippen LogP contribution in [0.1, 0.15) is 55.5 Å². The van der Waals surface area contributed by atoms with E-state index < -0.39 is 0 Å². The van der Waals surface area contributed by atoms with E-state index in [9.17, 15) is 0 Å². The van der Waals surface area contributed by atoms with Gasteiger partial charge >= 0.3 is 0 Å². The normalized spacial score (nSPS) is 15.1. The molecule has 2 heteroatoms. The van der Waals surface area contributed by atoms with Gasteiger partial charge in [-0.3, -0.25) is 4.98 Å². The summed E-state index contributed by atoms with van der Waals surface area (Å²) in [6.07, 6.45) is 5.38. The van der Waals surface area contributed by atoms with E-state index in [0.29, 0.717) is 5.92 Å². The Kier molecular flexibility index (Phi) is 3.37. The highest BCUT2D eigenvalue weighted by molar-refractivity contribution is 5.83. The van der Waals surface area contributed by atoms with Gasteiger partial charge in [-0.05, 0) is 43.9 Å². The molecule has 0 amide bonds. The largest absolute Gasteiger partial charge is 0.309 e. The molecule has 1 fully saturated rings. The van der Waals surface area contributed by atoms with E-state index in [1.54, 1.807) is 0 Å². The number of aromatic nitrogens is 1. The van der Waals surface area contributed by atoms with Crippen LogP contribution in [0.5, 0.6) is 0 Å². The fourth-order valence-corrected chi connectivity index (χ4v) is 2.09. The molecule has 0 saturated heterocycles. The number of nitrogens with zero attached hydrogens (tertiary/aromatic N) is 1. The molecule has 0 atom stereocenters. The lowest BCUT2D eigenvalue weighted by Crippen LogP contribution is -2.03. The highest BCUT2D eigenvalue weighted by atomic mass is 14.7. The second-order valence-corrected chi connectivity index (χ2v) is 4.85. The fourth-order valence-electron chi connectivity index (χ4n) is 2.09. The van der Waals surface area contributed by atoms with E-state index in [1.165, 1.54) is 24.1 Å². The third kappa shape index (κ3) is 2.91. The minimum absolute atomic E-state index is 0.707. The number of nitrogens with one attached hydrogen (secondary N) is 1. The molecule has 1 N–H and O–H groups in total. The predicted octanol–water partition coefficient (Wildman–Crippen LogP) is 3.63. The first-order chi connectivity index (χ1) is 7.69. The van der Waals surface area contributed by atoms with E-state index in [1.807, 2.05) is 0 Å². The first-order valence-corrected chi connectivity index (χ1v) is 6.22. The zero-order valence-corrected chi connectivity index (χ0v) is 10.2. The number of hydrogen-bond donors (Lipinski definition) is 1. The average Bonchev–Trinajstić information content (AvgIpc) is 2.99. The SMILES string of the molecule is CCCC(=N)Cc1cc(C)nc(C2CC2)c1. The van der Waals surface area contributed by atoms with E-state index in [0.717, 1.165) is 30.7 Å². The van der Waals surface area contributed by atoms with Crippen LogP contribution in [-0.2, 0) is 6.42 Å². The molecule has 0 aromatic carbocycles. The van der Waals surface area contributed by atoms with Crippen molar-refractivity contribution < 1.29 is 0 Å². The molecule has 86 valence electrons. The van der Waals surface area contributed by atoms with Gasteiger partial charge in [-0.25, -0.2) is 0 Å². The maximum Gasteiger partial charge on any atom is 0.0440 e. The maximum absolute atomic E-state index is 7.87. The molecule has 0 unspecified atom stereocenters. The molecular formula is C14H20N2. The number of pyridine rings is 1. The molecule has 16 heavy (non-hydrogen) atoms. The quantitative estimate of drug-likeness (QED) is 0.750. The van der Waals surface area contributed by atoms with Gasteiger partial charge in [0, 0.05) is 29.4 Å². The van der Waals surface area contributed by atoms with Crippen LogP contribution < -0.4 is 0 Å². The number of rotatable bonds is 5. The predicted molar refractivity (Wildman–Crippen MR) is 67.3 cm³/mol. The molecule has 1 aliphatic carbocycles. The van der Waals surface area contributed by atoms with Crippen molar-refractivity contribution in [2.45, 2.75) is 51.9 Å². The van der Waals surface area contributed by atoms with Crippen LogP contribution in [0.15, 0.2) is 12.1 Å². The minimum Gasteiger partial charge on any atom is -0.309 e. The molecule has 0 bridgehead atoms. The van der Waals surface area contributed by atoms with Gasteiger partial charge in [0.25, 0.3) is 0 Å². The van der Waals surface area contributed by atoms with Crippen molar-refractivity contribution in [2.75, 3.05) is 0 Å². The van der Waals surface area contributed by atoms with Crippen LogP contribution in [0.2, 0.25) is 0 Å². The first-order valence-electron chi connectivity index (χ1n) is 6.22. The molecule has 1 aromatic rings. The molecule has 0 aliphatic heterocycles. The fraction of sp³-hybridized carbons (Fsp3) is 0.571. The third-order valence-electron chi connectivity index (χ3n) is 3.00. The van der Waals surface area contributed by atoms with Crippen LogP contribution in [0, 0.1) is 12.3 Å². The summed E-state index contributed by atoms with van der Waals surface area (Å²) >= 11 is 0. The first kappa shape index (κ1) is 11.3. The van der Waals surface area contributed by atoms with E-state index in [4.69, 9.17) is 5.41 Å². The van der Waals surface area contributed by atoms with Crippen molar-refractivity contribution in [3.05, 3.63) is 29.1 Å². The van der Waals surface area contributed by atoms with Gasteiger partial charge in [0.05, 0.1) is 0 Å². The van der Waals surface area contributed by atoms with E-state index in [2.05, 4.69) is 31.0 Å². The monoisotopic (exact) mass is 216 g/mol. The van der Waals surface area contributed by atoms with Crippen molar-refractivity contribution >= 4 is 5.71 Å². The van der Waals surface area contributed by atoms with Gasteiger partial charge in [0.15, 0.2) is 0 Å². The van der Waals surface area contributed by atoms with Gasteiger partial charge < -0.3 is 5.41 Å². The van der Waals surface area contributed by atoms with Crippen LogP contribution in [-0.4, -0.2) is 10.7 Å². The van der Waals surface area contributed by atoms with Crippen LogP contribution in [0.25, 0.3) is 0 Å². The van der Waals surface area contributed by atoms with Gasteiger partial charge in [0.1, 0.15) is 0 Å². The highest BCUT2D eigenvalue weighted by Gasteiger charge is 2.25. The molecule has 0 radical (unpaired) electrons. The molecule has 1 heterocycles. The van der Waals surface area contributed by atoms with Crippen LogP contribution >= 0.6 is 0 Å². The zero-order chi connectivity index (χ0) is 11.5. The molecule has 0 spiro atoms. The summed E-state index contributed by atoms with van der Waals surface area (Å²) in [4.78, 5) is 4.58. The minimum atomic E-state index is 0.707. The second kappa shape index (κ2) is 4.77. The van der Waals surface area contributed by atoms with Crippen molar-refractivity contribution in [3.8, 4) is 0 Å². The highest BCUT2D eigenvalue weighted by Crippen LogP contribution is 2.39. The molecule has 2 rings (SSSR count). The molecule has 1 aliphatic rings. The topological polar surface area (TPSA) is 36.7 Å². The summed E-state index contributed by atoms with van der Waals surface area (Å²) in [7, 11) is 0. The standard InChI is InChI=1S/C14H20N2/c1-3-4-13(15)8-11-7-10(2)16-14(9-11)12-5-6-12/h7,9,12,15H,3-6,8H2,1-2H3. The molecule has 2 nitrogen and oxygen atoms in total. The summed E-state index contributed by atoms with van der Waals surface area (Å²) in [5.74, 6) is 0.707. The van der Waals surface area contributed by atoms with Gasteiger partial charge in [-0.2, -0.15) is 0 Å². The van der Waals surface area contributed by atoms with Crippen molar-refractivity contribution in [3.63, 3.8) is 0 Å². The average molecular weight is 216 g/mol. The lowest BCUT2D eigenvalue weighted by Gasteiger charge is -2.07. The van der Waals surface area contributed by atoms with Gasteiger partial charge in [0.2, 0.25) is 0 Å². The molecular weight excluding hydrogens is 196 g/mol. The Labute approximate surface area is 97.6 Å². The van der Waals surface area contributed by atoms with Crippen LogP contribution in [0.4, 0.5) is 0 Å². The Hall–Kier alpha value is -1.18. The van der Waals surface area contributed by atoms with Crippen LogP contribution in [0.3, 0.4) is 0 Å². The van der Waals surface area contributed by atoms with Crippen molar-refractivity contribution in [1.29, 1.82) is 5.41 Å². The maximum atomic E-state index is 7.87. The Morgan fingerprint density at radius 2 is 2.19 bits per heavy atom. The number of aryl methyl sites for hydroxylation is 1. The summed E-state index contributed by atoms with van der Waals surface area (Å²) in [6.45, 7) is 4.18. The summed E-state index contributed by atoms with van der Waals surface area (Å²) in [5.41, 5.74) is 4.46. The molecule has 1 aromatic heterocycles. The Bertz CT molecular complexity index is 392. The Balaban J connectivity index is 2.10. The summed E-state index contributed by atoms with van der Waals surface area (Å²) in [5, 5.41) is 7.87. The Morgan fingerprint density at radius 3 is 2.81 bits per heavy atom. The summed E-state index contributed by atoms with van der Waals surface area (Å²) < 4.78 is 0. The molecule has 1 saturated carbocycles. The Morgan fingerprint density at radius 1 is 1.44 bits per heavy atom. The summed E-state index contributed by atoms with van der Waals surface area (Å²) in [6, 6.07) is 4.32. The third-order valence-corrected chi connectivity index (χ3v) is 3.00. The second-order valence-electron chi connectivity index (χ2n) is 4.85. The smallest absolute Gasteiger partial charge is 0.0440 e.